The largest absolute Gasteiger partial charge is 0.369 e. The number of amides is 1. The van der Waals surface area contributed by atoms with Crippen LogP contribution in [0.15, 0.2) is 0 Å². The molecule has 15 heavy (non-hydrogen) atoms. The van der Waals surface area contributed by atoms with Crippen molar-refractivity contribution in [2.24, 2.45) is 17.1 Å². The van der Waals surface area contributed by atoms with Gasteiger partial charge in [-0.05, 0) is 45.4 Å². The lowest BCUT2D eigenvalue weighted by Gasteiger charge is -2.30. The molecule has 0 aromatic carbocycles. The van der Waals surface area contributed by atoms with Crippen molar-refractivity contribution < 1.29 is 4.79 Å². The summed E-state index contributed by atoms with van der Waals surface area (Å²) in [5.41, 5.74) is 4.90. The number of hydrogen-bond acceptors (Lipinski definition) is 2. The maximum atomic E-state index is 11.1. The van der Waals surface area contributed by atoms with Gasteiger partial charge in [-0.3, -0.25) is 4.79 Å². The van der Waals surface area contributed by atoms with Crippen molar-refractivity contribution in [1.29, 1.82) is 0 Å². The summed E-state index contributed by atoms with van der Waals surface area (Å²) in [5, 5.41) is 3.46. The molecule has 88 valence electrons. The van der Waals surface area contributed by atoms with E-state index in [0.717, 1.165) is 5.92 Å². The molecule has 0 aromatic rings. The third-order valence-electron chi connectivity index (χ3n) is 3.52. The molecule has 0 radical (unpaired) electrons. The fourth-order valence-electron chi connectivity index (χ4n) is 1.95. The van der Waals surface area contributed by atoms with Crippen LogP contribution in [0.5, 0.6) is 0 Å². The smallest absolute Gasteiger partial charge is 0.224 e. The van der Waals surface area contributed by atoms with E-state index < -0.39 is 5.41 Å². The summed E-state index contributed by atoms with van der Waals surface area (Å²) in [6.45, 7) is 6.80. The summed E-state index contributed by atoms with van der Waals surface area (Å²) in [7, 11) is 0. The Hall–Kier alpha value is -0.570. The van der Waals surface area contributed by atoms with Crippen LogP contribution >= 0.6 is 0 Å². The number of carbonyl (C=O) groups excluding carboxylic acids is 1. The highest BCUT2D eigenvalue weighted by Gasteiger charge is 2.26. The lowest BCUT2D eigenvalue weighted by Crippen LogP contribution is -2.44. The molecule has 0 heterocycles. The van der Waals surface area contributed by atoms with E-state index in [9.17, 15) is 4.79 Å². The first-order valence-electron chi connectivity index (χ1n) is 5.95. The van der Waals surface area contributed by atoms with Crippen molar-refractivity contribution in [3.63, 3.8) is 0 Å². The maximum absolute atomic E-state index is 11.1. The molecule has 3 heteroatoms. The Kier molecular flexibility index (Phi) is 4.14. The van der Waals surface area contributed by atoms with Gasteiger partial charge in [0.25, 0.3) is 0 Å². The first kappa shape index (κ1) is 12.5. The van der Waals surface area contributed by atoms with Crippen molar-refractivity contribution in [2.45, 2.75) is 52.5 Å². The molecular formula is C12H24N2O. The Morgan fingerprint density at radius 1 is 1.33 bits per heavy atom. The maximum Gasteiger partial charge on any atom is 0.224 e. The summed E-state index contributed by atoms with van der Waals surface area (Å²) in [4.78, 5) is 11.1. The Morgan fingerprint density at radius 2 is 1.87 bits per heavy atom. The van der Waals surface area contributed by atoms with Gasteiger partial charge in [-0.25, -0.2) is 0 Å². The van der Waals surface area contributed by atoms with Crippen LogP contribution in [-0.4, -0.2) is 18.5 Å². The average molecular weight is 212 g/mol. The highest BCUT2D eigenvalue weighted by atomic mass is 16.1. The van der Waals surface area contributed by atoms with Gasteiger partial charge in [0, 0.05) is 12.6 Å². The number of hydrogen-bond donors (Lipinski definition) is 2. The second-order valence-electron chi connectivity index (χ2n) is 5.59. The van der Waals surface area contributed by atoms with Crippen LogP contribution in [0.25, 0.3) is 0 Å². The highest BCUT2D eigenvalue weighted by Crippen LogP contribution is 2.24. The van der Waals surface area contributed by atoms with Crippen molar-refractivity contribution >= 4 is 5.91 Å². The van der Waals surface area contributed by atoms with E-state index in [0.29, 0.717) is 12.6 Å². The Bertz CT molecular complexity index is 218. The molecule has 3 N–H and O–H groups in total. The van der Waals surface area contributed by atoms with Gasteiger partial charge in [0.1, 0.15) is 0 Å². The molecule has 0 unspecified atom stereocenters. The predicted molar refractivity (Wildman–Crippen MR) is 62.4 cm³/mol. The Morgan fingerprint density at radius 3 is 2.33 bits per heavy atom. The van der Waals surface area contributed by atoms with Crippen molar-refractivity contribution in [2.75, 3.05) is 6.54 Å². The van der Waals surface area contributed by atoms with E-state index in [2.05, 4.69) is 12.2 Å². The molecule has 0 saturated heterocycles. The molecule has 1 saturated carbocycles. The zero-order chi connectivity index (χ0) is 11.5. The summed E-state index contributed by atoms with van der Waals surface area (Å²) in [5.74, 6) is 0.645. The fraction of sp³-hybridized carbons (Fsp3) is 0.917. The van der Waals surface area contributed by atoms with Crippen molar-refractivity contribution in [1.82, 2.24) is 5.32 Å². The first-order chi connectivity index (χ1) is 6.92. The quantitative estimate of drug-likeness (QED) is 0.744. The molecule has 0 atom stereocenters. The molecule has 3 nitrogen and oxygen atoms in total. The van der Waals surface area contributed by atoms with E-state index in [1.807, 2.05) is 13.8 Å². The van der Waals surface area contributed by atoms with E-state index in [1.165, 1.54) is 25.7 Å². The number of rotatable bonds is 4. The molecule has 0 aromatic heterocycles. The minimum Gasteiger partial charge on any atom is -0.369 e. The van der Waals surface area contributed by atoms with Gasteiger partial charge in [-0.1, -0.05) is 6.92 Å². The van der Waals surface area contributed by atoms with Crippen LogP contribution < -0.4 is 11.1 Å². The molecular weight excluding hydrogens is 188 g/mol. The molecule has 1 aliphatic carbocycles. The van der Waals surface area contributed by atoms with E-state index in [-0.39, 0.29) is 5.91 Å². The lowest BCUT2D eigenvalue weighted by molar-refractivity contribution is -0.125. The normalized spacial score (nSPS) is 27.7. The SMILES string of the molecule is CC1CCC(NCC(C)(C)C(N)=O)CC1. The minimum atomic E-state index is -0.428. The second kappa shape index (κ2) is 4.97. The summed E-state index contributed by atoms with van der Waals surface area (Å²) < 4.78 is 0. The van der Waals surface area contributed by atoms with Gasteiger partial charge >= 0.3 is 0 Å². The second-order valence-corrected chi connectivity index (χ2v) is 5.59. The molecule has 1 fully saturated rings. The lowest BCUT2D eigenvalue weighted by atomic mass is 9.86. The molecule has 0 bridgehead atoms. The van der Waals surface area contributed by atoms with Crippen LogP contribution in [0.1, 0.15) is 46.5 Å². The summed E-state index contributed by atoms with van der Waals surface area (Å²) in [6.07, 6.45) is 5.06. The van der Waals surface area contributed by atoms with Gasteiger partial charge in [-0.2, -0.15) is 0 Å². The van der Waals surface area contributed by atoms with E-state index in [4.69, 9.17) is 5.73 Å². The third-order valence-corrected chi connectivity index (χ3v) is 3.52. The number of nitrogens with two attached hydrogens (primary N) is 1. The van der Waals surface area contributed by atoms with Gasteiger partial charge in [0.05, 0.1) is 5.41 Å². The molecule has 1 rings (SSSR count). The van der Waals surface area contributed by atoms with E-state index in [1.54, 1.807) is 0 Å². The Balaban J connectivity index is 2.28. The minimum absolute atomic E-state index is 0.223. The number of carbonyl (C=O) groups is 1. The van der Waals surface area contributed by atoms with Gasteiger partial charge in [0.15, 0.2) is 0 Å². The Labute approximate surface area is 92.8 Å². The van der Waals surface area contributed by atoms with E-state index >= 15 is 0 Å². The van der Waals surface area contributed by atoms with Crippen LogP contribution in [0.4, 0.5) is 0 Å². The van der Waals surface area contributed by atoms with Crippen LogP contribution in [0, 0.1) is 11.3 Å². The topological polar surface area (TPSA) is 55.1 Å². The van der Waals surface area contributed by atoms with Crippen LogP contribution in [0.3, 0.4) is 0 Å². The fourth-order valence-corrected chi connectivity index (χ4v) is 1.95. The molecule has 1 amide bonds. The van der Waals surface area contributed by atoms with Crippen molar-refractivity contribution in [3.05, 3.63) is 0 Å². The monoisotopic (exact) mass is 212 g/mol. The molecule has 1 aliphatic rings. The predicted octanol–water partition coefficient (Wildman–Crippen LogP) is 1.67. The first-order valence-corrected chi connectivity index (χ1v) is 5.95. The summed E-state index contributed by atoms with van der Waals surface area (Å²) >= 11 is 0. The van der Waals surface area contributed by atoms with Gasteiger partial charge in [0.2, 0.25) is 5.91 Å². The highest BCUT2D eigenvalue weighted by molar-refractivity contribution is 5.80. The molecule has 0 aliphatic heterocycles. The van der Waals surface area contributed by atoms with Gasteiger partial charge in [-0.15, -0.1) is 0 Å². The zero-order valence-electron chi connectivity index (χ0n) is 10.2. The number of nitrogens with one attached hydrogen (secondary N) is 1. The zero-order valence-corrected chi connectivity index (χ0v) is 10.2. The average Bonchev–Trinajstić information content (AvgIpc) is 2.17. The third kappa shape index (κ3) is 3.82. The van der Waals surface area contributed by atoms with Gasteiger partial charge < -0.3 is 11.1 Å². The standard InChI is InChI=1S/C12H24N2O/c1-9-4-6-10(7-5-9)14-8-12(2,3)11(13)15/h9-10,14H,4-8H2,1-3H3,(H2,13,15). The van der Waals surface area contributed by atoms with Crippen LogP contribution in [-0.2, 0) is 4.79 Å². The summed E-state index contributed by atoms with van der Waals surface area (Å²) in [6, 6.07) is 0.583. The molecule has 0 spiro atoms. The number of primary amides is 1. The van der Waals surface area contributed by atoms with Crippen molar-refractivity contribution in [3.8, 4) is 0 Å². The van der Waals surface area contributed by atoms with Crippen LogP contribution in [0.2, 0.25) is 0 Å².